The lowest BCUT2D eigenvalue weighted by atomic mass is 9.78. The molecule has 0 radical (unpaired) electrons. The van der Waals surface area contributed by atoms with Crippen molar-refractivity contribution < 1.29 is 14.3 Å². The predicted molar refractivity (Wildman–Crippen MR) is 101 cm³/mol. The van der Waals surface area contributed by atoms with Gasteiger partial charge in [-0.2, -0.15) is 0 Å². The maximum atomic E-state index is 13.0. The van der Waals surface area contributed by atoms with Gasteiger partial charge >= 0.3 is 0 Å². The molecule has 0 N–H and O–H groups in total. The number of piperidine rings is 1. The van der Waals surface area contributed by atoms with E-state index >= 15 is 0 Å². The number of rotatable bonds is 6. The van der Waals surface area contributed by atoms with Gasteiger partial charge in [-0.3, -0.25) is 9.59 Å². The quantitative estimate of drug-likeness (QED) is 0.785. The summed E-state index contributed by atoms with van der Waals surface area (Å²) in [5.74, 6) is 0.388. The molecule has 2 aliphatic heterocycles. The van der Waals surface area contributed by atoms with Gasteiger partial charge in [0.2, 0.25) is 11.8 Å². The summed E-state index contributed by atoms with van der Waals surface area (Å²) in [6, 6.07) is 8.35. The Balaban J connectivity index is 1.55. The van der Waals surface area contributed by atoms with Crippen molar-refractivity contribution in [3.8, 4) is 0 Å². The maximum Gasteiger partial charge on any atom is 0.230 e. The minimum atomic E-state index is -0.356. The average Bonchev–Trinajstić information content (AvgIpc) is 3.07. The van der Waals surface area contributed by atoms with Crippen LogP contribution in [0.1, 0.15) is 36.8 Å². The molecule has 3 rings (SSSR count). The zero-order valence-electron chi connectivity index (χ0n) is 16.0. The number of carbonyl (C=O) groups excluding carboxylic acids is 2. The van der Waals surface area contributed by atoms with Gasteiger partial charge in [-0.15, -0.1) is 0 Å². The smallest absolute Gasteiger partial charge is 0.230 e. The van der Waals surface area contributed by atoms with E-state index in [-0.39, 0.29) is 17.2 Å². The molecule has 0 unspecified atom stereocenters. The van der Waals surface area contributed by atoms with Crippen molar-refractivity contribution in [1.82, 2.24) is 9.80 Å². The second-order valence-corrected chi connectivity index (χ2v) is 7.72. The molecule has 0 saturated carbocycles. The minimum Gasteiger partial charge on any atom is -0.383 e. The summed E-state index contributed by atoms with van der Waals surface area (Å²) in [7, 11) is 1.66. The first kappa shape index (κ1) is 18.9. The lowest BCUT2D eigenvalue weighted by Crippen LogP contribution is -2.51. The van der Waals surface area contributed by atoms with Crippen LogP contribution in [0.4, 0.5) is 0 Å². The number of hydrogen-bond acceptors (Lipinski definition) is 3. The van der Waals surface area contributed by atoms with Crippen molar-refractivity contribution in [3.63, 3.8) is 0 Å². The molecule has 2 aliphatic rings. The van der Waals surface area contributed by atoms with E-state index in [0.717, 1.165) is 32.2 Å². The number of amides is 2. The molecule has 0 bridgehead atoms. The fourth-order valence-electron chi connectivity index (χ4n) is 4.20. The molecule has 142 valence electrons. The molecule has 0 aromatic heterocycles. The summed E-state index contributed by atoms with van der Waals surface area (Å²) in [6.45, 7) is 5.39. The van der Waals surface area contributed by atoms with E-state index in [1.165, 1.54) is 11.1 Å². The molecule has 1 atom stereocenters. The monoisotopic (exact) mass is 358 g/mol. The van der Waals surface area contributed by atoms with Crippen molar-refractivity contribution in [2.75, 3.05) is 39.9 Å². The zero-order chi connectivity index (χ0) is 18.6. The van der Waals surface area contributed by atoms with Crippen molar-refractivity contribution in [1.29, 1.82) is 0 Å². The molecule has 2 amide bonds. The van der Waals surface area contributed by atoms with Crippen LogP contribution in [-0.2, 0) is 20.7 Å². The van der Waals surface area contributed by atoms with Crippen LogP contribution in [0.5, 0.6) is 0 Å². The molecular formula is C21H30N2O3. The molecule has 1 spiro atoms. The Morgan fingerprint density at radius 2 is 1.96 bits per heavy atom. The van der Waals surface area contributed by atoms with E-state index in [9.17, 15) is 9.59 Å². The van der Waals surface area contributed by atoms with Gasteiger partial charge in [0.1, 0.15) is 0 Å². The van der Waals surface area contributed by atoms with Crippen molar-refractivity contribution in [3.05, 3.63) is 35.4 Å². The SMILES string of the molecule is COCCN1CCC[C@]2(CCN(C(=O)CCc3ccc(C)cc3)C2)C1=O. The van der Waals surface area contributed by atoms with E-state index < -0.39 is 0 Å². The topological polar surface area (TPSA) is 49.9 Å². The minimum absolute atomic E-state index is 0.171. The largest absolute Gasteiger partial charge is 0.383 e. The highest BCUT2D eigenvalue weighted by Crippen LogP contribution is 2.40. The summed E-state index contributed by atoms with van der Waals surface area (Å²) in [5, 5.41) is 0. The number of methoxy groups -OCH3 is 1. The third kappa shape index (κ3) is 4.09. The van der Waals surface area contributed by atoms with Crippen LogP contribution in [0.2, 0.25) is 0 Å². The lowest BCUT2D eigenvalue weighted by Gasteiger charge is -2.39. The van der Waals surface area contributed by atoms with Crippen LogP contribution < -0.4 is 0 Å². The number of benzene rings is 1. The first-order valence-electron chi connectivity index (χ1n) is 9.66. The van der Waals surface area contributed by atoms with Gasteiger partial charge in [-0.1, -0.05) is 29.8 Å². The van der Waals surface area contributed by atoms with Crippen LogP contribution in [0.15, 0.2) is 24.3 Å². The number of carbonyl (C=O) groups is 2. The second kappa shape index (κ2) is 8.21. The van der Waals surface area contributed by atoms with Crippen LogP contribution in [-0.4, -0.2) is 61.5 Å². The van der Waals surface area contributed by atoms with Gasteiger partial charge in [0, 0.05) is 39.7 Å². The van der Waals surface area contributed by atoms with Gasteiger partial charge in [0.25, 0.3) is 0 Å². The van der Waals surface area contributed by atoms with Gasteiger partial charge < -0.3 is 14.5 Å². The molecule has 5 nitrogen and oxygen atoms in total. The molecule has 5 heteroatoms. The van der Waals surface area contributed by atoms with Crippen LogP contribution in [0, 0.1) is 12.3 Å². The Bertz CT molecular complexity index is 643. The van der Waals surface area contributed by atoms with E-state index in [1.807, 2.05) is 9.80 Å². The Kier molecular flexibility index (Phi) is 5.97. The highest BCUT2D eigenvalue weighted by atomic mass is 16.5. The number of hydrogen-bond donors (Lipinski definition) is 0. The van der Waals surface area contributed by atoms with E-state index in [0.29, 0.717) is 32.7 Å². The van der Waals surface area contributed by atoms with E-state index in [2.05, 4.69) is 31.2 Å². The third-order valence-corrected chi connectivity index (χ3v) is 5.84. The summed E-state index contributed by atoms with van der Waals surface area (Å²) < 4.78 is 5.13. The molecule has 2 fully saturated rings. The predicted octanol–water partition coefficient (Wildman–Crippen LogP) is 2.42. The zero-order valence-corrected chi connectivity index (χ0v) is 16.0. The first-order chi connectivity index (χ1) is 12.5. The van der Waals surface area contributed by atoms with Crippen LogP contribution in [0.3, 0.4) is 0 Å². The second-order valence-electron chi connectivity index (χ2n) is 7.72. The number of aryl methyl sites for hydroxylation is 2. The lowest BCUT2D eigenvalue weighted by molar-refractivity contribution is -0.146. The Hall–Kier alpha value is -1.88. The molecular weight excluding hydrogens is 328 g/mol. The number of nitrogens with zero attached hydrogens (tertiary/aromatic N) is 2. The first-order valence-corrected chi connectivity index (χ1v) is 9.66. The third-order valence-electron chi connectivity index (χ3n) is 5.84. The summed E-state index contributed by atoms with van der Waals surface area (Å²) in [4.78, 5) is 29.5. The standard InChI is InChI=1S/C21H30N2O3/c1-17-4-6-18(7-5-17)8-9-19(24)23-13-11-21(16-23)10-3-12-22(20(21)25)14-15-26-2/h4-7H,3,8-16H2,1-2H3/t21-/m1/s1. The van der Waals surface area contributed by atoms with E-state index in [1.54, 1.807) is 7.11 Å². The van der Waals surface area contributed by atoms with Gasteiger partial charge in [-0.25, -0.2) is 0 Å². The molecule has 1 aromatic carbocycles. The van der Waals surface area contributed by atoms with Gasteiger partial charge in [-0.05, 0) is 38.2 Å². The summed E-state index contributed by atoms with van der Waals surface area (Å²) in [5.41, 5.74) is 2.07. The van der Waals surface area contributed by atoms with Crippen molar-refractivity contribution in [2.45, 2.75) is 39.0 Å². The Morgan fingerprint density at radius 3 is 2.69 bits per heavy atom. The molecule has 26 heavy (non-hydrogen) atoms. The molecule has 2 heterocycles. The molecule has 2 saturated heterocycles. The molecule has 1 aromatic rings. The van der Waals surface area contributed by atoms with Crippen LogP contribution >= 0.6 is 0 Å². The summed E-state index contributed by atoms with van der Waals surface area (Å²) >= 11 is 0. The fourth-order valence-corrected chi connectivity index (χ4v) is 4.20. The van der Waals surface area contributed by atoms with Crippen molar-refractivity contribution in [2.24, 2.45) is 5.41 Å². The maximum absolute atomic E-state index is 13.0. The van der Waals surface area contributed by atoms with Crippen molar-refractivity contribution >= 4 is 11.8 Å². The highest BCUT2D eigenvalue weighted by molar-refractivity contribution is 5.86. The van der Waals surface area contributed by atoms with Gasteiger partial charge in [0.15, 0.2) is 0 Å². The molecule has 0 aliphatic carbocycles. The Morgan fingerprint density at radius 1 is 1.19 bits per heavy atom. The number of likely N-dealkylation sites (tertiary alicyclic amines) is 2. The average molecular weight is 358 g/mol. The van der Waals surface area contributed by atoms with E-state index in [4.69, 9.17) is 4.74 Å². The summed E-state index contributed by atoms with van der Waals surface area (Å²) in [6.07, 6.45) is 3.99. The number of ether oxygens (including phenoxy) is 1. The Labute approximate surface area is 156 Å². The fraction of sp³-hybridized carbons (Fsp3) is 0.619. The van der Waals surface area contributed by atoms with Gasteiger partial charge in [0.05, 0.1) is 12.0 Å². The highest BCUT2D eigenvalue weighted by Gasteiger charge is 2.49. The normalized spacial score (nSPS) is 23.1. The van der Waals surface area contributed by atoms with Crippen LogP contribution in [0.25, 0.3) is 0 Å².